The van der Waals surface area contributed by atoms with Crippen LogP contribution in [0, 0.1) is 0 Å². The van der Waals surface area contributed by atoms with Crippen molar-refractivity contribution in [2.45, 2.75) is 25.4 Å². The maximum Gasteiger partial charge on any atom is 0.174 e. The summed E-state index contributed by atoms with van der Waals surface area (Å²) in [7, 11) is 0. The van der Waals surface area contributed by atoms with Crippen LogP contribution >= 0.6 is 11.6 Å². The van der Waals surface area contributed by atoms with Crippen LogP contribution in [0.25, 0.3) is 16.9 Å². The first kappa shape index (κ1) is 12.7. The third-order valence-electron chi connectivity index (χ3n) is 3.60. The molecule has 1 aliphatic carbocycles. The maximum absolute atomic E-state index is 6.37. The summed E-state index contributed by atoms with van der Waals surface area (Å²) in [4.78, 5) is 4.46. The summed E-state index contributed by atoms with van der Waals surface area (Å²) >= 11 is 6.37. The van der Waals surface area contributed by atoms with E-state index in [4.69, 9.17) is 11.6 Å². The number of pyridine rings is 1. The molecule has 1 saturated carbocycles. The molecule has 4 rings (SSSR count). The van der Waals surface area contributed by atoms with Crippen molar-refractivity contribution in [3.8, 4) is 5.82 Å². The SMILES string of the molecule is Clc1cc(CNC2CC2)cnc1-n1nnc2ccccc21. The van der Waals surface area contributed by atoms with E-state index in [2.05, 4.69) is 20.6 Å². The van der Waals surface area contributed by atoms with E-state index in [-0.39, 0.29) is 0 Å². The first-order valence-electron chi connectivity index (χ1n) is 7.00. The molecule has 1 aliphatic rings. The van der Waals surface area contributed by atoms with Crippen molar-refractivity contribution in [1.29, 1.82) is 0 Å². The zero-order valence-electron chi connectivity index (χ0n) is 11.3. The summed E-state index contributed by atoms with van der Waals surface area (Å²) in [6, 6.07) is 10.4. The molecular weight excluding hydrogens is 286 g/mol. The Hall–Kier alpha value is -1.98. The summed E-state index contributed by atoms with van der Waals surface area (Å²) in [6.45, 7) is 0.801. The Bertz CT molecular complexity index is 794. The number of hydrogen-bond donors (Lipinski definition) is 1. The molecule has 21 heavy (non-hydrogen) atoms. The smallest absolute Gasteiger partial charge is 0.174 e. The lowest BCUT2D eigenvalue weighted by molar-refractivity contribution is 0.684. The van der Waals surface area contributed by atoms with E-state index in [9.17, 15) is 0 Å². The quantitative estimate of drug-likeness (QED) is 0.805. The van der Waals surface area contributed by atoms with Gasteiger partial charge >= 0.3 is 0 Å². The van der Waals surface area contributed by atoms with Gasteiger partial charge in [-0.3, -0.25) is 0 Å². The van der Waals surface area contributed by atoms with Crippen molar-refractivity contribution in [3.63, 3.8) is 0 Å². The second kappa shape index (κ2) is 5.09. The van der Waals surface area contributed by atoms with Crippen LogP contribution in [0.15, 0.2) is 36.5 Å². The Balaban J connectivity index is 1.67. The average Bonchev–Trinajstić information content (AvgIpc) is 3.24. The molecule has 0 aliphatic heterocycles. The van der Waals surface area contributed by atoms with Gasteiger partial charge in [0, 0.05) is 18.8 Å². The van der Waals surface area contributed by atoms with E-state index in [1.165, 1.54) is 12.8 Å². The molecule has 0 spiro atoms. The van der Waals surface area contributed by atoms with Gasteiger partial charge in [-0.2, -0.15) is 4.68 Å². The molecule has 5 nitrogen and oxygen atoms in total. The van der Waals surface area contributed by atoms with Gasteiger partial charge in [-0.1, -0.05) is 28.9 Å². The van der Waals surface area contributed by atoms with Crippen LogP contribution in [-0.4, -0.2) is 26.0 Å². The summed E-state index contributed by atoms with van der Waals surface area (Å²) in [5.41, 5.74) is 2.81. The van der Waals surface area contributed by atoms with Crippen LogP contribution in [0.2, 0.25) is 5.02 Å². The Morgan fingerprint density at radius 3 is 2.95 bits per heavy atom. The number of hydrogen-bond acceptors (Lipinski definition) is 4. The van der Waals surface area contributed by atoms with Gasteiger partial charge in [0.05, 0.1) is 10.5 Å². The van der Waals surface area contributed by atoms with Crippen LogP contribution in [0.3, 0.4) is 0 Å². The van der Waals surface area contributed by atoms with E-state index in [0.717, 1.165) is 23.1 Å². The normalized spacial score (nSPS) is 14.7. The second-order valence-corrected chi connectivity index (χ2v) is 5.70. The zero-order valence-corrected chi connectivity index (χ0v) is 12.1. The molecule has 1 N–H and O–H groups in total. The molecule has 0 bridgehead atoms. The van der Waals surface area contributed by atoms with Crippen molar-refractivity contribution in [2.24, 2.45) is 0 Å². The summed E-state index contributed by atoms with van der Waals surface area (Å²) in [5, 5.41) is 12.3. The lowest BCUT2D eigenvalue weighted by atomic mass is 10.2. The van der Waals surface area contributed by atoms with Crippen LogP contribution in [-0.2, 0) is 6.54 Å². The van der Waals surface area contributed by atoms with Crippen LogP contribution in [0.5, 0.6) is 0 Å². The predicted octanol–water partition coefficient (Wildman–Crippen LogP) is 2.72. The lowest BCUT2D eigenvalue weighted by Gasteiger charge is -2.07. The minimum atomic E-state index is 0.584. The molecule has 6 heteroatoms. The minimum Gasteiger partial charge on any atom is -0.310 e. The van der Waals surface area contributed by atoms with Gasteiger partial charge < -0.3 is 5.32 Å². The Morgan fingerprint density at radius 1 is 1.29 bits per heavy atom. The van der Waals surface area contributed by atoms with E-state index in [1.54, 1.807) is 4.68 Å². The summed E-state index contributed by atoms with van der Waals surface area (Å²) in [6.07, 6.45) is 4.38. The van der Waals surface area contributed by atoms with Gasteiger partial charge in [0.25, 0.3) is 0 Å². The van der Waals surface area contributed by atoms with E-state index < -0.39 is 0 Å². The monoisotopic (exact) mass is 299 g/mol. The van der Waals surface area contributed by atoms with Gasteiger partial charge in [0.2, 0.25) is 0 Å². The number of rotatable bonds is 4. The third-order valence-corrected chi connectivity index (χ3v) is 3.88. The highest BCUT2D eigenvalue weighted by atomic mass is 35.5. The average molecular weight is 300 g/mol. The van der Waals surface area contributed by atoms with Gasteiger partial charge in [-0.05, 0) is 36.6 Å². The minimum absolute atomic E-state index is 0.584. The first-order chi connectivity index (χ1) is 10.3. The fourth-order valence-corrected chi connectivity index (χ4v) is 2.57. The number of nitrogens with zero attached hydrogens (tertiary/aromatic N) is 4. The molecule has 1 fully saturated rings. The number of benzene rings is 1. The highest BCUT2D eigenvalue weighted by molar-refractivity contribution is 6.32. The van der Waals surface area contributed by atoms with Crippen LogP contribution in [0.4, 0.5) is 0 Å². The molecule has 106 valence electrons. The van der Waals surface area contributed by atoms with Gasteiger partial charge in [-0.15, -0.1) is 5.10 Å². The zero-order chi connectivity index (χ0) is 14.2. The Labute approximate surface area is 126 Å². The number of halogens is 1. The number of aromatic nitrogens is 4. The largest absolute Gasteiger partial charge is 0.310 e. The number of para-hydroxylation sites is 1. The molecule has 2 aromatic heterocycles. The van der Waals surface area contributed by atoms with Crippen molar-refractivity contribution in [3.05, 3.63) is 47.1 Å². The van der Waals surface area contributed by atoms with Crippen molar-refractivity contribution >= 4 is 22.6 Å². The molecule has 1 aromatic carbocycles. The molecule has 3 aromatic rings. The molecule has 0 amide bonds. The topological polar surface area (TPSA) is 55.6 Å². The number of fused-ring (bicyclic) bond motifs is 1. The fraction of sp³-hybridized carbons (Fsp3) is 0.267. The molecule has 0 unspecified atom stereocenters. The predicted molar refractivity (Wildman–Crippen MR) is 81.5 cm³/mol. The maximum atomic E-state index is 6.37. The molecule has 0 atom stereocenters. The number of nitrogens with one attached hydrogen (secondary N) is 1. The van der Waals surface area contributed by atoms with Gasteiger partial charge in [0.1, 0.15) is 5.52 Å². The van der Waals surface area contributed by atoms with E-state index in [1.807, 2.05) is 36.5 Å². The second-order valence-electron chi connectivity index (χ2n) is 5.29. The first-order valence-corrected chi connectivity index (χ1v) is 7.38. The molecular formula is C15H14ClN5. The highest BCUT2D eigenvalue weighted by Crippen LogP contribution is 2.23. The van der Waals surface area contributed by atoms with Gasteiger partial charge in [-0.25, -0.2) is 4.98 Å². The molecule has 0 saturated heterocycles. The Morgan fingerprint density at radius 2 is 2.14 bits per heavy atom. The van der Waals surface area contributed by atoms with E-state index in [0.29, 0.717) is 16.9 Å². The van der Waals surface area contributed by atoms with Crippen molar-refractivity contribution < 1.29 is 0 Å². The summed E-state index contributed by atoms with van der Waals surface area (Å²) < 4.78 is 1.68. The highest BCUT2D eigenvalue weighted by Gasteiger charge is 2.20. The Kier molecular flexibility index (Phi) is 3.09. The lowest BCUT2D eigenvalue weighted by Crippen LogP contribution is -2.15. The summed E-state index contributed by atoms with van der Waals surface area (Å²) in [5.74, 6) is 0.612. The fourth-order valence-electron chi connectivity index (χ4n) is 2.30. The molecule has 2 heterocycles. The van der Waals surface area contributed by atoms with Crippen molar-refractivity contribution in [2.75, 3.05) is 0 Å². The third kappa shape index (κ3) is 2.50. The van der Waals surface area contributed by atoms with Crippen molar-refractivity contribution in [1.82, 2.24) is 25.3 Å². The van der Waals surface area contributed by atoms with Gasteiger partial charge in [0.15, 0.2) is 5.82 Å². The van der Waals surface area contributed by atoms with Crippen LogP contribution in [0.1, 0.15) is 18.4 Å². The molecule has 0 radical (unpaired) electrons. The standard InChI is InChI=1S/C15H14ClN5/c16-12-7-10(8-17-11-5-6-11)9-18-15(12)21-14-4-2-1-3-13(14)19-20-21/h1-4,7,9,11,17H,5-6,8H2. The van der Waals surface area contributed by atoms with E-state index >= 15 is 0 Å². The van der Waals surface area contributed by atoms with Crippen LogP contribution < -0.4 is 5.32 Å².